The van der Waals surface area contributed by atoms with Crippen LogP contribution < -0.4 is 5.32 Å². The highest BCUT2D eigenvalue weighted by Gasteiger charge is 2.63. The number of pyridine rings is 1. The Kier molecular flexibility index (Phi) is 3.86. The lowest BCUT2D eigenvalue weighted by atomic mass is 10.0. The predicted octanol–water partition coefficient (Wildman–Crippen LogP) is 5.27. The van der Waals surface area contributed by atoms with Crippen LogP contribution in [0.15, 0.2) is 36.8 Å². The molecule has 3 fully saturated rings. The van der Waals surface area contributed by atoms with Crippen molar-refractivity contribution in [2.45, 2.75) is 44.4 Å². The summed E-state index contributed by atoms with van der Waals surface area (Å²) in [7, 11) is 1.91. The molecule has 1 aromatic carbocycles. The summed E-state index contributed by atoms with van der Waals surface area (Å²) < 4.78 is 1.80. The molecular weight excluding hydrogens is 396 g/mol. The number of anilines is 1. The van der Waals surface area contributed by atoms with E-state index >= 15 is 0 Å². The number of carbonyl (C=O) groups excluding carboxylic acids is 1. The summed E-state index contributed by atoms with van der Waals surface area (Å²) >= 11 is 6.57. The lowest BCUT2D eigenvalue weighted by molar-refractivity contribution is -0.117. The van der Waals surface area contributed by atoms with Crippen molar-refractivity contribution in [2.75, 3.05) is 5.32 Å². The zero-order chi connectivity index (χ0) is 20.6. The first kappa shape index (κ1) is 18.4. The molecule has 4 atom stereocenters. The summed E-state index contributed by atoms with van der Waals surface area (Å²) in [4.78, 5) is 17.5. The van der Waals surface area contributed by atoms with Crippen molar-refractivity contribution in [1.82, 2.24) is 14.8 Å². The minimum Gasteiger partial charge on any atom is -0.310 e. The van der Waals surface area contributed by atoms with E-state index < -0.39 is 0 Å². The average molecular weight is 421 g/mol. The second-order valence-electron chi connectivity index (χ2n) is 9.47. The van der Waals surface area contributed by atoms with Crippen LogP contribution >= 0.6 is 11.6 Å². The number of hydrogen-bond donors (Lipinski definition) is 1. The van der Waals surface area contributed by atoms with Gasteiger partial charge in [-0.2, -0.15) is 5.10 Å². The Labute approximate surface area is 180 Å². The van der Waals surface area contributed by atoms with Gasteiger partial charge in [-0.1, -0.05) is 24.9 Å². The maximum atomic E-state index is 13.0. The molecule has 1 spiro atoms. The fraction of sp³-hybridized carbons (Fsp3) is 0.458. The molecule has 0 aliphatic heterocycles. The van der Waals surface area contributed by atoms with Crippen LogP contribution in [0.5, 0.6) is 0 Å². The fourth-order valence-electron chi connectivity index (χ4n) is 5.54. The van der Waals surface area contributed by atoms with Crippen LogP contribution in [0.1, 0.15) is 55.6 Å². The maximum absolute atomic E-state index is 13.0. The monoisotopic (exact) mass is 420 g/mol. The minimum absolute atomic E-state index is 0.0151. The van der Waals surface area contributed by atoms with E-state index in [1.807, 2.05) is 37.8 Å². The largest absolute Gasteiger partial charge is 0.310 e. The number of fused-ring (bicyclic) bond motifs is 1. The van der Waals surface area contributed by atoms with Crippen molar-refractivity contribution >= 4 is 34.1 Å². The third-order valence-electron chi connectivity index (χ3n) is 7.60. The van der Waals surface area contributed by atoms with Crippen molar-refractivity contribution in [3.05, 3.63) is 52.9 Å². The first-order valence-corrected chi connectivity index (χ1v) is 11.3. The maximum Gasteiger partial charge on any atom is 0.229 e. The van der Waals surface area contributed by atoms with E-state index in [2.05, 4.69) is 28.4 Å². The van der Waals surface area contributed by atoms with Crippen LogP contribution in [0.25, 0.3) is 10.8 Å². The molecule has 5 nitrogen and oxygen atoms in total. The second kappa shape index (κ2) is 6.30. The van der Waals surface area contributed by atoms with Crippen LogP contribution in [0.3, 0.4) is 0 Å². The molecule has 3 saturated carbocycles. The van der Waals surface area contributed by atoms with Crippen LogP contribution in [0.2, 0.25) is 5.02 Å². The summed E-state index contributed by atoms with van der Waals surface area (Å²) in [5, 5.41) is 10.3. The molecule has 0 unspecified atom stereocenters. The van der Waals surface area contributed by atoms with Gasteiger partial charge in [0.15, 0.2) is 0 Å². The summed E-state index contributed by atoms with van der Waals surface area (Å²) in [6.45, 7) is 2.14. The summed E-state index contributed by atoms with van der Waals surface area (Å²) in [6, 6.07) is 6.21. The molecule has 6 rings (SSSR count). The first-order valence-electron chi connectivity index (χ1n) is 10.9. The number of aryl methyl sites for hydroxylation is 1. The number of aromatic nitrogens is 3. The molecule has 154 valence electrons. The molecule has 0 saturated heterocycles. The van der Waals surface area contributed by atoms with Crippen molar-refractivity contribution in [1.29, 1.82) is 0 Å². The van der Waals surface area contributed by atoms with Gasteiger partial charge in [-0.15, -0.1) is 0 Å². The summed E-state index contributed by atoms with van der Waals surface area (Å²) in [5.41, 5.74) is 2.97. The second-order valence-corrected chi connectivity index (χ2v) is 9.88. The molecule has 3 aliphatic carbocycles. The van der Waals surface area contributed by atoms with Crippen LogP contribution in [0, 0.1) is 17.3 Å². The SMILES string of the molecule is CC[C@H]1[C@@H](C(=O)Nc2cc3cc([C@@H]4CC45CC5)c(Cl)cc3cn2)[C@@H]1c1cnn(C)c1. The molecule has 1 amide bonds. The highest BCUT2D eigenvalue weighted by atomic mass is 35.5. The van der Waals surface area contributed by atoms with Gasteiger partial charge in [-0.25, -0.2) is 4.98 Å². The predicted molar refractivity (Wildman–Crippen MR) is 118 cm³/mol. The molecule has 1 N–H and O–H groups in total. The third-order valence-corrected chi connectivity index (χ3v) is 7.93. The van der Waals surface area contributed by atoms with Crippen LogP contribution in [-0.4, -0.2) is 20.7 Å². The van der Waals surface area contributed by atoms with E-state index in [-0.39, 0.29) is 17.7 Å². The molecular formula is C24H25ClN4O. The van der Waals surface area contributed by atoms with E-state index in [0.29, 0.717) is 23.1 Å². The number of benzene rings is 1. The lowest BCUT2D eigenvalue weighted by Gasteiger charge is -2.09. The number of rotatable bonds is 5. The Morgan fingerprint density at radius 3 is 2.77 bits per heavy atom. The van der Waals surface area contributed by atoms with Crippen molar-refractivity contribution in [3.63, 3.8) is 0 Å². The van der Waals surface area contributed by atoms with Gasteiger partial charge in [0.05, 0.1) is 6.20 Å². The molecule has 2 heterocycles. The van der Waals surface area contributed by atoms with Crippen molar-refractivity contribution in [3.8, 4) is 0 Å². The van der Waals surface area contributed by atoms with Gasteiger partial charge in [0.25, 0.3) is 0 Å². The zero-order valence-electron chi connectivity index (χ0n) is 17.2. The summed E-state index contributed by atoms with van der Waals surface area (Å²) in [5.74, 6) is 1.88. The number of nitrogens with one attached hydrogen (secondary N) is 1. The molecule has 0 radical (unpaired) electrons. The Bertz CT molecular complexity index is 1180. The molecule has 30 heavy (non-hydrogen) atoms. The van der Waals surface area contributed by atoms with Crippen LogP contribution in [0.4, 0.5) is 5.82 Å². The van der Waals surface area contributed by atoms with E-state index in [0.717, 1.165) is 27.8 Å². The number of halogens is 1. The zero-order valence-corrected chi connectivity index (χ0v) is 18.0. The van der Waals surface area contributed by atoms with Gasteiger partial charge in [-0.05, 0) is 71.2 Å². The quantitative estimate of drug-likeness (QED) is 0.611. The van der Waals surface area contributed by atoms with Gasteiger partial charge in [0.2, 0.25) is 5.91 Å². The number of amides is 1. The normalized spacial score (nSPS) is 28.0. The highest BCUT2D eigenvalue weighted by Crippen LogP contribution is 2.75. The van der Waals surface area contributed by atoms with E-state index in [1.54, 1.807) is 4.68 Å². The molecule has 2 aromatic heterocycles. The van der Waals surface area contributed by atoms with Gasteiger partial charge < -0.3 is 5.32 Å². The van der Waals surface area contributed by atoms with E-state index in [1.165, 1.54) is 24.8 Å². The Morgan fingerprint density at radius 2 is 2.10 bits per heavy atom. The Morgan fingerprint density at radius 1 is 1.27 bits per heavy atom. The topological polar surface area (TPSA) is 59.8 Å². The number of carbonyl (C=O) groups is 1. The van der Waals surface area contributed by atoms with E-state index in [9.17, 15) is 4.79 Å². The smallest absolute Gasteiger partial charge is 0.229 e. The Balaban J connectivity index is 1.24. The number of nitrogens with zero attached hydrogens (tertiary/aromatic N) is 3. The molecule has 0 bridgehead atoms. The third kappa shape index (κ3) is 2.86. The number of hydrogen-bond acceptors (Lipinski definition) is 3. The first-order chi connectivity index (χ1) is 14.5. The van der Waals surface area contributed by atoms with Gasteiger partial charge in [0, 0.05) is 41.7 Å². The van der Waals surface area contributed by atoms with Gasteiger partial charge in [0.1, 0.15) is 5.82 Å². The lowest BCUT2D eigenvalue weighted by Crippen LogP contribution is -2.16. The van der Waals surface area contributed by atoms with Gasteiger partial charge >= 0.3 is 0 Å². The van der Waals surface area contributed by atoms with E-state index in [4.69, 9.17) is 11.6 Å². The standard InChI is InChI=1S/C24H25ClN4O/c1-3-16-21(15-11-27-29(2)12-15)22(16)23(30)28-20-8-13-6-17(18-9-24(18)4-5-24)19(25)7-14(13)10-26-20/h6-8,10-12,16,18,21-22H,3-5,9H2,1-2H3,(H,26,28,30)/t16-,18+,21-,22-/m1/s1. The highest BCUT2D eigenvalue weighted by molar-refractivity contribution is 6.32. The molecule has 6 heteroatoms. The Hall–Kier alpha value is -2.40. The fourth-order valence-corrected chi connectivity index (χ4v) is 5.84. The molecule has 3 aromatic rings. The average Bonchev–Trinajstić information content (AvgIpc) is 3.67. The van der Waals surface area contributed by atoms with Crippen LogP contribution in [-0.2, 0) is 11.8 Å². The van der Waals surface area contributed by atoms with Gasteiger partial charge in [-0.3, -0.25) is 9.48 Å². The minimum atomic E-state index is -0.0151. The molecule has 3 aliphatic rings. The van der Waals surface area contributed by atoms with Crippen molar-refractivity contribution < 1.29 is 4.79 Å². The van der Waals surface area contributed by atoms with Crippen molar-refractivity contribution in [2.24, 2.45) is 24.3 Å². The summed E-state index contributed by atoms with van der Waals surface area (Å²) in [6.07, 6.45) is 10.6.